The van der Waals surface area contributed by atoms with Crippen molar-refractivity contribution in [2.45, 2.75) is 56.0 Å². The number of hydrogen-bond acceptors (Lipinski definition) is 1. The number of benzene rings is 6. The van der Waals surface area contributed by atoms with Crippen molar-refractivity contribution < 1.29 is 115 Å². The standard InChI is InChI=1S/C32H12BF24.C17H14N2O/c34-25(35,36)13-1-14(26(37,38)39)6-21(5-13)33(22-7-15(27(40,41)42)2-16(8-22)28(43,44)45,23-9-17(29(46,47)48)3-18(10-23)30(49,50)51)24-11-19(31(52,53)54)4-20(12-24)32(55,56)57;18-17(20)16-12-19(10-13-6-2-1-3-7-13)11-14-8-4-5-9-15(14)16/h1-12H;1-9,11-12H,10H2,(H-,18,20)/q-1;/p+1. The molecule has 0 atom stereocenters. The van der Waals surface area contributed by atoms with E-state index in [1.165, 1.54) is 5.56 Å². The Balaban J connectivity index is 0.000000397. The van der Waals surface area contributed by atoms with Crippen LogP contribution in [0.1, 0.15) is 60.4 Å². The number of pyridine rings is 1. The molecule has 6 aromatic carbocycles. The Bertz CT molecular complexity index is 2870. The second-order valence-electron chi connectivity index (χ2n) is 17.0. The molecule has 0 aliphatic heterocycles. The maximum absolute atomic E-state index is 14.2. The molecule has 1 heterocycles. The molecule has 0 spiro atoms. The topological polar surface area (TPSA) is 47.0 Å². The van der Waals surface area contributed by atoms with Crippen LogP contribution in [-0.4, -0.2) is 12.1 Å². The van der Waals surface area contributed by atoms with Gasteiger partial charge in [0.05, 0.1) is 44.5 Å². The van der Waals surface area contributed by atoms with Gasteiger partial charge in [-0.15, -0.1) is 0 Å². The van der Waals surface area contributed by atoms with Crippen LogP contribution < -0.4 is 32.2 Å². The molecule has 1 amide bonds. The number of amides is 1. The third kappa shape index (κ3) is 13.2. The van der Waals surface area contributed by atoms with E-state index in [0.29, 0.717) is 12.1 Å². The zero-order valence-electron chi connectivity index (χ0n) is 37.6. The van der Waals surface area contributed by atoms with Crippen molar-refractivity contribution in [3.8, 4) is 0 Å². The van der Waals surface area contributed by atoms with Crippen LogP contribution in [0.2, 0.25) is 0 Å². The molecule has 1 aromatic heterocycles. The monoisotopic (exact) mass is 1130 g/mol. The van der Waals surface area contributed by atoms with Crippen LogP contribution in [0, 0.1) is 0 Å². The summed E-state index contributed by atoms with van der Waals surface area (Å²) in [5.74, 6) is -0.399. The summed E-state index contributed by atoms with van der Waals surface area (Å²) in [6, 6.07) is 9.09. The number of alkyl halides is 24. The summed E-state index contributed by atoms with van der Waals surface area (Å²) >= 11 is 0. The number of nitrogens with zero attached hydrogens (tertiary/aromatic N) is 1. The van der Waals surface area contributed by atoms with Gasteiger partial charge in [-0.2, -0.15) is 132 Å². The fraction of sp³-hybridized carbons (Fsp3) is 0.184. The van der Waals surface area contributed by atoms with Crippen molar-refractivity contribution in [3.63, 3.8) is 0 Å². The third-order valence-electron chi connectivity index (χ3n) is 11.8. The molecule has 0 aliphatic carbocycles. The van der Waals surface area contributed by atoms with Gasteiger partial charge in [-0.05, 0) is 30.3 Å². The van der Waals surface area contributed by atoms with Crippen molar-refractivity contribution in [2.24, 2.45) is 5.73 Å². The van der Waals surface area contributed by atoms with E-state index >= 15 is 0 Å². The molecule has 0 saturated carbocycles. The van der Waals surface area contributed by atoms with Crippen molar-refractivity contribution in [1.29, 1.82) is 0 Å². The summed E-state index contributed by atoms with van der Waals surface area (Å²) in [6.45, 7) is 0.714. The number of rotatable bonds is 7. The van der Waals surface area contributed by atoms with Gasteiger partial charge in [0.2, 0.25) is 0 Å². The molecule has 3 nitrogen and oxygen atoms in total. The maximum atomic E-state index is 14.2. The maximum Gasteiger partial charge on any atom is 0.416 e. The second-order valence-corrected chi connectivity index (χ2v) is 17.0. The lowest BCUT2D eigenvalue weighted by atomic mass is 9.12. The van der Waals surface area contributed by atoms with Gasteiger partial charge in [-0.1, -0.05) is 97.1 Å². The minimum atomic E-state index is -6.13. The number of carbonyl (C=O) groups is 1. The lowest BCUT2D eigenvalue weighted by Crippen LogP contribution is -2.75. The van der Waals surface area contributed by atoms with E-state index in [9.17, 15) is 110 Å². The molecule has 410 valence electrons. The van der Waals surface area contributed by atoms with Gasteiger partial charge in [0, 0.05) is 16.3 Å². The molecule has 2 N–H and O–H groups in total. The van der Waals surface area contributed by atoms with E-state index in [0.717, 1.165) is 10.8 Å². The fourth-order valence-corrected chi connectivity index (χ4v) is 8.46. The Morgan fingerprint density at radius 3 is 0.883 bits per heavy atom. The largest absolute Gasteiger partial charge is 0.416 e. The van der Waals surface area contributed by atoms with E-state index in [4.69, 9.17) is 5.73 Å². The molecular formula is C49H27BF24N2O. The summed E-state index contributed by atoms with van der Waals surface area (Å²) < 4.78 is 343. The number of primary amides is 1. The molecule has 0 bridgehead atoms. The van der Waals surface area contributed by atoms with Crippen molar-refractivity contribution in [3.05, 3.63) is 195 Å². The first-order valence-electron chi connectivity index (χ1n) is 21.1. The van der Waals surface area contributed by atoms with Gasteiger partial charge >= 0.3 is 49.4 Å². The van der Waals surface area contributed by atoms with Gasteiger partial charge in [0.15, 0.2) is 18.9 Å². The summed E-state index contributed by atoms with van der Waals surface area (Å²) in [7, 11) is 0. The minimum Gasteiger partial charge on any atom is -0.365 e. The molecule has 77 heavy (non-hydrogen) atoms. The van der Waals surface area contributed by atoms with Gasteiger partial charge in [-0.25, -0.2) is 0 Å². The zero-order valence-corrected chi connectivity index (χ0v) is 37.6. The molecule has 7 rings (SSSR count). The second kappa shape index (κ2) is 20.2. The quantitative estimate of drug-likeness (QED) is 0.0965. The Labute approximate surface area is 416 Å². The van der Waals surface area contributed by atoms with E-state index in [1.807, 2.05) is 59.4 Å². The van der Waals surface area contributed by atoms with Crippen LogP contribution >= 0.6 is 0 Å². The van der Waals surface area contributed by atoms with E-state index in [2.05, 4.69) is 12.1 Å². The summed E-state index contributed by atoms with van der Waals surface area (Å²) in [4.78, 5) is 11.6. The SMILES string of the molecule is FC(F)(F)c1cc([B-](c2cc(C(F)(F)F)cc(C(F)(F)F)c2)(c2cc(C(F)(F)F)cc(C(F)(F)F)c2)c2cc(C(F)(F)F)cc(C(F)(F)F)c2)cc(C(F)(F)F)c1.NC(=O)c1c[n+](Cc2ccccc2)cc2ccccc12. The van der Waals surface area contributed by atoms with Gasteiger partial charge in [-0.3, -0.25) is 4.79 Å². The molecule has 0 aliphatic rings. The number of carbonyl (C=O) groups excluding carboxylic acids is 1. The first-order chi connectivity index (χ1) is 35.0. The highest BCUT2D eigenvalue weighted by Gasteiger charge is 2.47. The van der Waals surface area contributed by atoms with E-state index in [-0.39, 0.29) is 0 Å². The van der Waals surface area contributed by atoms with Crippen LogP contribution in [0.5, 0.6) is 0 Å². The molecule has 0 radical (unpaired) electrons. The number of fused-ring (bicyclic) bond motifs is 1. The Morgan fingerprint density at radius 1 is 0.364 bits per heavy atom. The number of halogens is 24. The van der Waals surface area contributed by atoms with Crippen molar-refractivity contribution >= 4 is 44.7 Å². The number of hydrogen-bond donors (Lipinski definition) is 1. The highest BCUT2D eigenvalue weighted by molar-refractivity contribution is 7.20. The summed E-state index contributed by atoms with van der Waals surface area (Å²) in [6.07, 6.45) is -51.0. The zero-order chi connectivity index (χ0) is 57.9. The molecule has 7 aromatic rings. The molecule has 0 unspecified atom stereocenters. The number of aromatic nitrogens is 1. The van der Waals surface area contributed by atoms with Crippen LogP contribution in [0.15, 0.2) is 140 Å². The Hall–Kier alpha value is -7.42. The van der Waals surface area contributed by atoms with Crippen molar-refractivity contribution in [2.75, 3.05) is 0 Å². The normalized spacial score (nSPS) is 13.4. The molecule has 28 heteroatoms. The predicted molar refractivity (Wildman–Crippen MR) is 228 cm³/mol. The van der Waals surface area contributed by atoms with Crippen LogP contribution in [-0.2, 0) is 56.0 Å². The minimum absolute atomic E-state index is 0.399. The molecule has 0 fully saturated rings. The third-order valence-corrected chi connectivity index (χ3v) is 11.8. The van der Waals surface area contributed by atoms with Gasteiger partial charge in [0.1, 0.15) is 11.7 Å². The van der Waals surface area contributed by atoms with Crippen molar-refractivity contribution in [1.82, 2.24) is 0 Å². The van der Waals surface area contributed by atoms with Crippen LogP contribution in [0.4, 0.5) is 105 Å². The Morgan fingerprint density at radius 2 is 0.623 bits per heavy atom. The van der Waals surface area contributed by atoms with E-state index in [1.54, 1.807) is 0 Å². The summed E-state index contributed by atoms with van der Waals surface area (Å²) in [5.41, 5.74) is -23.0. The van der Waals surface area contributed by atoms with Gasteiger partial charge in [0.25, 0.3) is 5.91 Å². The first-order valence-corrected chi connectivity index (χ1v) is 21.1. The number of nitrogens with two attached hydrogens (primary N) is 1. The average Bonchev–Trinajstić information content (AvgIpc) is 3.29. The lowest BCUT2D eigenvalue weighted by Gasteiger charge is -2.46. The molecule has 0 saturated heterocycles. The molecular weight excluding hydrogens is 1100 g/mol. The summed E-state index contributed by atoms with van der Waals surface area (Å²) in [5, 5.41) is 1.91. The average molecular weight is 1130 g/mol. The Kier molecular flexibility index (Phi) is 15.4. The van der Waals surface area contributed by atoms with Crippen LogP contribution in [0.3, 0.4) is 0 Å². The first kappa shape index (κ1) is 58.8. The van der Waals surface area contributed by atoms with Gasteiger partial charge < -0.3 is 5.73 Å². The predicted octanol–water partition coefficient (Wildman–Crippen LogP) is 13.5. The van der Waals surface area contributed by atoms with Crippen LogP contribution in [0.25, 0.3) is 10.8 Å². The highest BCUT2D eigenvalue weighted by atomic mass is 19.4. The smallest absolute Gasteiger partial charge is 0.365 e. The van der Waals surface area contributed by atoms with E-state index < -0.39 is 201 Å². The lowest BCUT2D eigenvalue weighted by molar-refractivity contribution is -0.687. The fourth-order valence-electron chi connectivity index (χ4n) is 8.46. The highest BCUT2D eigenvalue weighted by Crippen LogP contribution is 2.41.